The lowest BCUT2D eigenvalue weighted by Crippen LogP contribution is -2.50. The van der Waals surface area contributed by atoms with Gasteiger partial charge in [-0.25, -0.2) is 13.4 Å². The van der Waals surface area contributed by atoms with E-state index in [2.05, 4.69) is 4.98 Å². The largest absolute Gasteiger partial charge is 0.441 e. The van der Waals surface area contributed by atoms with Crippen LogP contribution in [0.5, 0.6) is 0 Å². The molecule has 1 saturated heterocycles. The van der Waals surface area contributed by atoms with E-state index in [1.54, 1.807) is 17.2 Å². The molecule has 0 aliphatic carbocycles. The summed E-state index contributed by atoms with van der Waals surface area (Å²) in [5.41, 5.74) is 1.14. The number of carbonyl (C=O) groups excluding carboxylic acids is 1. The van der Waals surface area contributed by atoms with Crippen LogP contribution in [0, 0.1) is 11.3 Å². The van der Waals surface area contributed by atoms with Gasteiger partial charge in [-0.1, -0.05) is 23.7 Å². The van der Waals surface area contributed by atoms with E-state index in [-0.39, 0.29) is 30.3 Å². The number of nitrogens with zero attached hydrogens (tertiary/aromatic N) is 4. The van der Waals surface area contributed by atoms with Crippen molar-refractivity contribution in [2.45, 2.75) is 17.7 Å². The molecule has 4 rings (SSSR count). The van der Waals surface area contributed by atoms with Crippen molar-refractivity contribution in [2.24, 2.45) is 0 Å². The zero-order chi connectivity index (χ0) is 23.4. The number of hydrogen-bond donors (Lipinski definition) is 0. The van der Waals surface area contributed by atoms with Gasteiger partial charge in [0, 0.05) is 44.6 Å². The highest BCUT2D eigenvalue weighted by atomic mass is 35.5. The van der Waals surface area contributed by atoms with E-state index in [9.17, 15) is 13.2 Å². The summed E-state index contributed by atoms with van der Waals surface area (Å²) in [6, 6.07) is 15.1. The van der Waals surface area contributed by atoms with Gasteiger partial charge >= 0.3 is 0 Å². The Morgan fingerprint density at radius 1 is 1.09 bits per heavy atom. The van der Waals surface area contributed by atoms with Crippen LogP contribution in [-0.2, 0) is 21.2 Å². The third kappa shape index (κ3) is 5.09. The number of halogens is 1. The molecule has 1 aliphatic rings. The Morgan fingerprint density at radius 3 is 2.45 bits per heavy atom. The molecule has 0 atom stereocenters. The van der Waals surface area contributed by atoms with Crippen LogP contribution in [0.25, 0.3) is 11.3 Å². The third-order valence-corrected chi connectivity index (χ3v) is 7.70. The Morgan fingerprint density at radius 2 is 1.79 bits per heavy atom. The van der Waals surface area contributed by atoms with Crippen molar-refractivity contribution < 1.29 is 17.6 Å². The number of carbonyl (C=O) groups is 1. The van der Waals surface area contributed by atoms with Crippen molar-refractivity contribution in [1.29, 1.82) is 5.26 Å². The smallest absolute Gasteiger partial charge is 0.243 e. The molecule has 2 aromatic carbocycles. The molecule has 0 unspecified atom stereocenters. The summed E-state index contributed by atoms with van der Waals surface area (Å²) in [4.78, 5) is 18.7. The van der Waals surface area contributed by atoms with Gasteiger partial charge in [0.05, 0.1) is 27.7 Å². The minimum atomic E-state index is -3.67. The van der Waals surface area contributed by atoms with Crippen molar-refractivity contribution in [3.8, 4) is 17.4 Å². The van der Waals surface area contributed by atoms with E-state index in [1.807, 2.05) is 24.3 Å². The van der Waals surface area contributed by atoms with Crippen LogP contribution >= 0.6 is 11.6 Å². The summed E-state index contributed by atoms with van der Waals surface area (Å²) in [5.74, 6) is 0.910. The molecule has 0 N–H and O–H groups in total. The predicted octanol–water partition coefficient (Wildman–Crippen LogP) is 3.33. The molecule has 1 amide bonds. The lowest BCUT2D eigenvalue weighted by atomic mass is 10.2. The van der Waals surface area contributed by atoms with Crippen LogP contribution in [-0.4, -0.2) is 54.7 Å². The van der Waals surface area contributed by atoms with E-state index in [0.29, 0.717) is 41.7 Å². The van der Waals surface area contributed by atoms with Crippen LogP contribution in [0.3, 0.4) is 0 Å². The predicted molar refractivity (Wildman–Crippen MR) is 122 cm³/mol. The molecular weight excluding hydrogens is 464 g/mol. The standard InChI is InChI=1S/C23H21ClN4O4S/c24-20-4-2-1-3-19(20)21-16-26-22(32-21)9-10-23(29)27-11-13-28(14-12-27)33(30,31)18-7-5-17(15-25)6-8-18/h1-8,16H,9-14H2. The van der Waals surface area contributed by atoms with E-state index in [4.69, 9.17) is 21.3 Å². The van der Waals surface area contributed by atoms with Gasteiger partial charge in [-0.15, -0.1) is 0 Å². The molecule has 2 heterocycles. The summed E-state index contributed by atoms with van der Waals surface area (Å²) < 4.78 is 32.8. The molecule has 170 valence electrons. The van der Waals surface area contributed by atoms with Crippen molar-refractivity contribution in [3.63, 3.8) is 0 Å². The molecule has 8 nitrogen and oxygen atoms in total. The first-order valence-electron chi connectivity index (χ1n) is 10.4. The highest BCUT2D eigenvalue weighted by Gasteiger charge is 2.30. The Balaban J connectivity index is 1.31. The first kappa shape index (κ1) is 23.0. The zero-order valence-electron chi connectivity index (χ0n) is 17.6. The highest BCUT2D eigenvalue weighted by Crippen LogP contribution is 2.28. The fraction of sp³-hybridized carbons (Fsp3) is 0.261. The molecule has 1 aromatic heterocycles. The Bertz CT molecular complexity index is 1290. The lowest BCUT2D eigenvalue weighted by molar-refractivity contribution is -0.132. The number of piperazine rings is 1. The van der Waals surface area contributed by atoms with Gasteiger partial charge in [-0.3, -0.25) is 4.79 Å². The number of amides is 1. The van der Waals surface area contributed by atoms with E-state index in [0.717, 1.165) is 5.56 Å². The SMILES string of the molecule is N#Cc1ccc(S(=O)(=O)N2CCN(C(=O)CCc3ncc(-c4ccccc4Cl)o3)CC2)cc1. The molecule has 33 heavy (non-hydrogen) atoms. The van der Waals surface area contributed by atoms with Gasteiger partial charge in [-0.05, 0) is 36.4 Å². The number of aryl methyl sites for hydroxylation is 1. The topological polar surface area (TPSA) is 108 Å². The number of sulfonamides is 1. The van der Waals surface area contributed by atoms with Gasteiger partial charge in [0.25, 0.3) is 0 Å². The number of rotatable bonds is 6. The van der Waals surface area contributed by atoms with Crippen LogP contribution in [0.15, 0.2) is 64.0 Å². The summed E-state index contributed by atoms with van der Waals surface area (Å²) in [5, 5.41) is 9.44. The van der Waals surface area contributed by atoms with Crippen molar-refractivity contribution in [2.75, 3.05) is 26.2 Å². The molecule has 0 bridgehead atoms. The molecular formula is C23H21ClN4O4S. The third-order valence-electron chi connectivity index (χ3n) is 5.46. The summed E-state index contributed by atoms with van der Waals surface area (Å²) in [7, 11) is -3.67. The fourth-order valence-electron chi connectivity index (χ4n) is 3.61. The molecule has 10 heteroatoms. The quantitative estimate of drug-likeness (QED) is 0.531. The van der Waals surface area contributed by atoms with Crippen LogP contribution in [0.4, 0.5) is 0 Å². The second kappa shape index (κ2) is 9.75. The Labute approximate surface area is 197 Å². The maximum Gasteiger partial charge on any atom is 0.243 e. The molecule has 1 aliphatic heterocycles. The van der Waals surface area contributed by atoms with Gasteiger partial charge in [0.1, 0.15) is 0 Å². The van der Waals surface area contributed by atoms with Gasteiger partial charge in [0.15, 0.2) is 11.7 Å². The Hall–Kier alpha value is -3.19. The first-order valence-corrected chi connectivity index (χ1v) is 12.2. The summed E-state index contributed by atoms with van der Waals surface area (Å²) in [6.07, 6.45) is 2.14. The van der Waals surface area contributed by atoms with E-state index >= 15 is 0 Å². The molecule has 0 spiro atoms. The normalized spacial score (nSPS) is 14.7. The Kier molecular flexibility index (Phi) is 6.79. The minimum absolute atomic E-state index is 0.0806. The van der Waals surface area contributed by atoms with Crippen molar-refractivity contribution >= 4 is 27.5 Å². The maximum atomic E-state index is 12.8. The summed E-state index contributed by atoms with van der Waals surface area (Å²) in [6.45, 7) is 1.04. The van der Waals surface area contributed by atoms with Crippen LogP contribution in [0.1, 0.15) is 17.9 Å². The van der Waals surface area contributed by atoms with Crippen molar-refractivity contribution in [3.05, 3.63) is 71.2 Å². The van der Waals surface area contributed by atoms with Crippen molar-refractivity contribution in [1.82, 2.24) is 14.2 Å². The second-order valence-electron chi connectivity index (χ2n) is 7.52. The highest BCUT2D eigenvalue weighted by molar-refractivity contribution is 7.89. The fourth-order valence-corrected chi connectivity index (χ4v) is 5.26. The number of benzene rings is 2. The van der Waals surface area contributed by atoms with E-state index in [1.165, 1.54) is 28.6 Å². The molecule has 0 radical (unpaired) electrons. The average molecular weight is 485 g/mol. The molecule has 0 saturated carbocycles. The first-order chi connectivity index (χ1) is 15.9. The lowest BCUT2D eigenvalue weighted by Gasteiger charge is -2.34. The number of oxazole rings is 1. The van der Waals surface area contributed by atoms with Gasteiger partial charge in [0.2, 0.25) is 15.9 Å². The second-order valence-corrected chi connectivity index (χ2v) is 9.86. The summed E-state index contributed by atoms with van der Waals surface area (Å²) >= 11 is 6.19. The van der Waals surface area contributed by atoms with E-state index < -0.39 is 10.0 Å². The average Bonchev–Trinajstić information content (AvgIpc) is 3.31. The number of aromatic nitrogens is 1. The number of hydrogen-bond acceptors (Lipinski definition) is 6. The minimum Gasteiger partial charge on any atom is -0.441 e. The van der Waals surface area contributed by atoms with Crippen LogP contribution in [0.2, 0.25) is 5.02 Å². The monoisotopic (exact) mass is 484 g/mol. The van der Waals surface area contributed by atoms with Crippen LogP contribution < -0.4 is 0 Å². The molecule has 3 aromatic rings. The maximum absolute atomic E-state index is 12.8. The molecule has 1 fully saturated rings. The zero-order valence-corrected chi connectivity index (χ0v) is 19.2. The van der Waals surface area contributed by atoms with Gasteiger partial charge in [-0.2, -0.15) is 9.57 Å². The van der Waals surface area contributed by atoms with Gasteiger partial charge < -0.3 is 9.32 Å². The number of nitriles is 1.